The number of hydrogen-bond acceptors (Lipinski definition) is 9. The van der Waals surface area contributed by atoms with Crippen molar-refractivity contribution in [3.05, 3.63) is 17.5 Å². The van der Waals surface area contributed by atoms with E-state index in [0.717, 1.165) is 4.68 Å². The second-order valence-corrected chi connectivity index (χ2v) is 6.79. The maximum atomic E-state index is 12.3. The molecule has 0 unspecified atom stereocenters. The molecule has 0 aliphatic carbocycles. The van der Waals surface area contributed by atoms with Gasteiger partial charge in [0.05, 0.1) is 18.3 Å². The first kappa shape index (κ1) is 27.1. The number of aromatic nitrogens is 2. The molecular weight excluding hydrogens is 468 g/mol. The number of carboxylic acids is 1. The molecule has 4 N–H and O–H groups in total. The van der Waals surface area contributed by atoms with Crippen LogP contribution in [0.1, 0.15) is 23.3 Å². The second-order valence-electron chi connectivity index (χ2n) is 5.78. The van der Waals surface area contributed by atoms with E-state index < -0.39 is 46.7 Å². The van der Waals surface area contributed by atoms with E-state index in [-0.39, 0.29) is 42.6 Å². The molecular formula is C12H14F3N6NaO8S. The van der Waals surface area contributed by atoms with E-state index in [2.05, 4.69) is 14.7 Å². The largest absolute Gasteiger partial charge is 1.00 e. The number of urea groups is 1. The van der Waals surface area contributed by atoms with Crippen molar-refractivity contribution in [3.63, 3.8) is 0 Å². The summed E-state index contributed by atoms with van der Waals surface area (Å²) in [5.41, 5.74) is 6.49. The fourth-order valence-electron chi connectivity index (χ4n) is 2.79. The van der Waals surface area contributed by atoms with Crippen LogP contribution in [-0.2, 0) is 19.5 Å². The Labute approximate surface area is 194 Å². The third kappa shape index (κ3) is 5.84. The SMILES string of the molecule is CNC(=O)n1cc2c(n1)[C@@H](CN)N1C[C@H]2N(OS(=O)(=O)O)C1=O.O=C([O-])C(F)(F)F.[Na+]. The quantitative estimate of drug-likeness (QED) is 0.276. The molecule has 1 saturated heterocycles. The number of nitrogens with zero attached hydrogens (tertiary/aromatic N) is 4. The summed E-state index contributed by atoms with van der Waals surface area (Å²) in [6.07, 6.45) is -3.82. The summed E-state index contributed by atoms with van der Waals surface area (Å²) >= 11 is 0. The first-order valence-corrected chi connectivity index (χ1v) is 9.14. The predicted octanol–water partition coefficient (Wildman–Crippen LogP) is -5.10. The van der Waals surface area contributed by atoms with Crippen LogP contribution in [-0.4, -0.2) is 77.1 Å². The minimum atomic E-state index is -5.19. The minimum absolute atomic E-state index is 0. The number of carboxylic acid groups (broad SMARTS) is 1. The third-order valence-corrected chi connectivity index (χ3v) is 4.31. The maximum absolute atomic E-state index is 12.3. The van der Waals surface area contributed by atoms with Crippen LogP contribution >= 0.6 is 0 Å². The number of hydrogen-bond donors (Lipinski definition) is 3. The zero-order valence-corrected chi connectivity index (χ0v) is 18.7. The van der Waals surface area contributed by atoms with Crippen molar-refractivity contribution in [1.82, 2.24) is 25.1 Å². The molecule has 0 saturated carbocycles. The van der Waals surface area contributed by atoms with Gasteiger partial charge in [0, 0.05) is 25.4 Å². The Morgan fingerprint density at radius 3 is 2.42 bits per heavy atom. The summed E-state index contributed by atoms with van der Waals surface area (Å²) < 4.78 is 67.7. The number of aliphatic carboxylic acids is 1. The molecule has 1 fully saturated rings. The summed E-state index contributed by atoms with van der Waals surface area (Å²) in [6, 6.07) is -2.72. The number of hydroxylamine groups is 2. The van der Waals surface area contributed by atoms with E-state index in [1.807, 2.05) is 0 Å². The Bertz CT molecular complexity index is 970. The molecule has 168 valence electrons. The van der Waals surface area contributed by atoms with E-state index in [1.54, 1.807) is 0 Å². The Kier molecular flexibility index (Phi) is 8.45. The van der Waals surface area contributed by atoms with E-state index in [9.17, 15) is 31.2 Å². The number of fused-ring (bicyclic) bond motifs is 4. The van der Waals surface area contributed by atoms with Crippen LogP contribution < -0.4 is 45.7 Å². The van der Waals surface area contributed by atoms with Crippen molar-refractivity contribution in [1.29, 1.82) is 0 Å². The topological polar surface area (TPSA) is 200 Å². The van der Waals surface area contributed by atoms with Gasteiger partial charge in [0.15, 0.2) is 0 Å². The molecule has 0 aromatic carbocycles. The molecule has 2 aliphatic heterocycles. The molecule has 0 radical (unpaired) electrons. The van der Waals surface area contributed by atoms with E-state index >= 15 is 0 Å². The van der Waals surface area contributed by atoms with Gasteiger partial charge in [-0.3, -0.25) is 4.55 Å². The Morgan fingerprint density at radius 2 is 2.00 bits per heavy atom. The number of halogens is 3. The number of amides is 3. The number of nitrogens with one attached hydrogen (secondary N) is 1. The van der Waals surface area contributed by atoms with E-state index in [4.69, 9.17) is 20.2 Å². The summed E-state index contributed by atoms with van der Waals surface area (Å²) in [6.45, 7) is 0.124. The first-order valence-electron chi connectivity index (χ1n) is 7.77. The molecule has 1 aromatic rings. The van der Waals surface area contributed by atoms with Crippen LogP contribution in [0, 0.1) is 0 Å². The molecule has 3 amide bonds. The summed E-state index contributed by atoms with van der Waals surface area (Å²) in [5.74, 6) is -3.01. The van der Waals surface area contributed by atoms with Gasteiger partial charge in [0.1, 0.15) is 12.0 Å². The van der Waals surface area contributed by atoms with Gasteiger partial charge in [-0.1, -0.05) is 0 Å². The van der Waals surface area contributed by atoms with E-state index in [0.29, 0.717) is 16.3 Å². The standard InChI is InChI=1S/C10H14N6O6S.C2HF3O2.Na/c1-12-9(17)15-3-5-7-4-14(6(2-11)8(5)13-15)10(18)16(7)22-23(19,20)21;3-2(4,5)1(6)7;/h3,6-7H,2,4,11H2,1H3,(H,12,17)(H,19,20,21);(H,6,7);/q;;+1/p-1/t6-,7-;;/m1../s1. The van der Waals surface area contributed by atoms with Crippen molar-refractivity contribution in [2.45, 2.75) is 18.3 Å². The Hall–Kier alpha value is -1.96. The van der Waals surface area contributed by atoms with Gasteiger partial charge < -0.3 is 25.9 Å². The molecule has 3 heterocycles. The molecule has 19 heteroatoms. The molecule has 1 aromatic heterocycles. The Morgan fingerprint density at radius 1 is 1.45 bits per heavy atom. The van der Waals surface area contributed by atoms with Crippen LogP contribution in [0.15, 0.2) is 6.20 Å². The van der Waals surface area contributed by atoms with Crippen LogP contribution in [0.5, 0.6) is 0 Å². The first-order chi connectivity index (χ1) is 13.7. The average molecular weight is 482 g/mol. The van der Waals surface area contributed by atoms with Crippen LogP contribution in [0.2, 0.25) is 0 Å². The average Bonchev–Trinajstić information content (AvgIpc) is 3.17. The predicted molar refractivity (Wildman–Crippen MR) is 84.3 cm³/mol. The number of alkyl halides is 3. The number of carbonyl (C=O) groups excluding carboxylic acids is 3. The number of carbonyl (C=O) groups is 3. The fourth-order valence-corrected chi connectivity index (χ4v) is 3.16. The van der Waals surface area contributed by atoms with Gasteiger partial charge in [0.25, 0.3) is 0 Å². The van der Waals surface area contributed by atoms with Crippen LogP contribution in [0.25, 0.3) is 0 Å². The molecule has 2 aliphatic rings. The molecule has 31 heavy (non-hydrogen) atoms. The van der Waals surface area contributed by atoms with Crippen molar-refractivity contribution in [2.24, 2.45) is 5.73 Å². The summed E-state index contributed by atoms with van der Waals surface area (Å²) in [5, 5.41) is 15.8. The van der Waals surface area contributed by atoms with Crippen molar-refractivity contribution in [3.8, 4) is 0 Å². The smallest absolute Gasteiger partial charge is 0.542 e. The Balaban J connectivity index is 0.000000523. The number of nitrogens with two attached hydrogens (primary N) is 1. The summed E-state index contributed by atoms with van der Waals surface area (Å²) in [7, 11) is -3.45. The fraction of sp³-hybridized carbons (Fsp3) is 0.500. The van der Waals surface area contributed by atoms with Crippen molar-refractivity contribution < 1.29 is 79.5 Å². The van der Waals surface area contributed by atoms with Crippen LogP contribution in [0.3, 0.4) is 0 Å². The van der Waals surface area contributed by atoms with Gasteiger partial charge in [-0.25, -0.2) is 9.59 Å². The molecule has 3 rings (SSSR count). The van der Waals surface area contributed by atoms with Gasteiger partial charge in [-0.05, 0) is 0 Å². The molecule has 2 atom stereocenters. The third-order valence-electron chi connectivity index (χ3n) is 3.96. The van der Waals surface area contributed by atoms with Crippen molar-refractivity contribution >= 4 is 28.4 Å². The second kappa shape index (κ2) is 9.67. The van der Waals surface area contributed by atoms with Gasteiger partial charge >= 0.3 is 58.2 Å². The zero-order chi connectivity index (χ0) is 23.0. The molecule has 2 bridgehead atoms. The monoisotopic (exact) mass is 482 g/mol. The number of rotatable bonds is 3. The normalized spacial score (nSPS) is 19.7. The van der Waals surface area contributed by atoms with Crippen LogP contribution in [0.4, 0.5) is 22.8 Å². The molecule has 14 nitrogen and oxygen atoms in total. The maximum Gasteiger partial charge on any atom is 1.00 e. The van der Waals surface area contributed by atoms with Gasteiger partial charge in [-0.2, -0.15) is 36.4 Å². The van der Waals surface area contributed by atoms with Gasteiger partial charge in [-0.15, -0.1) is 4.28 Å². The summed E-state index contributed by atoms with van der Waals surface area (Å²) in [4.78, 5) is 34.0. The van der Waals surface area contributed by atoms with Gasteiger partial charge in [0.2, 0.25) is 0 Å². The zero-order valence-electron chi connectivity index (χ0n) is 15.9. The van der Waals surface area contributed by atoms with E-state index in [1.165, 1.54) is 18.1 Å². The van der Waals surface area contributed by atoms with Crippen molar-refractivity contribution in [2.75, 3.05) is 20.1 Å². The minimum Gasteiger partial charge on any atom is -0.542 e. The molecule has 0 spiro atoms.